The molecule has 0 radical (unpaired) electrons. The van der Waals surface area contributed by atoms with Gasteiger partial charge in [0.1, 0.15) is 16.7 Å². The molecule has 0 atom stereocenters. The molecule has 10 aromatic rings. The largest absolute Gasteiger partial charge is 0.456 e. The maximum Gasteiger partial charge on any atom is 0.164 e. The van der Waals surface area contributed by atoms with Crippen LogP contribution in [0.25, 0.3) is 99.9 Å². The van der Waals surface area contributed by atoms with E-state index in [9.17, 15) is 0 Å². The van der Waals surface area contributed by atoms with Crippen LogP contribution in [-0.4, -0.2) is 19.9 Å². The molecule has 10 rings (SSSR count). The van der Waals surface area contributed by atoms with E-state index in [1.807, 2.05) is 109 Å². The molecule has 0 spiro atoms. The molecule has 0 unspecified atom stereocenters. The van der Waals surface area contributed by atoms with Gasteiger partial charge in [0.25, 0.3) is 0 Å². The van der Waals surface area contributed by atoms with Crippen LogP contribution >= 0.6 is 11.6 Å². The number of halogens is 1. The summed E-state index contributed by atoms with van der Waals surface area (Å²) in [7, 11) is 0. The Labute approximate surface area is 284 Å². The Bertz CT molecular complexity index is 2910. The SMILES string of the molecule is Clc1ccc(-c2ccccc2-c2nc(-c3ccccc3)nc(-c3cccc4oc5ccccc5c34)n2)c2c1oc1cc3ccncc3cc12. The fourth-order valence-corrected chi connectivity index (χ4v) is 7.06. The summed E-state index contributed by atoms with van der Waals surface area (Å²) in [4.78, 5) is 19.7. The molecule has 4 aromatic heterocycles. The molecular formula is C42H23ClN4O2. The summed E-state index contributed by atoms with van der Waals surface area (Å²) in [6, 6.07) is 42.3. The zero-order valence-corrected chi connectivity index (χ0v) is 26.5. The van der Waals surface area contributed by atoms with Crippen LogP contribution in [-0.2, 0) is 0 Å². The van der Waals surface area contributed by atoms with Crippen molar-refractivity contribution in [2.24, 2.45) is 0 Å². The van der Waals surface area contributed by atoms with Crippen LogP contribution in [0.2, 0.25) is 5.02 Å². The molecule has 0 fully saturated rings. The van der Waals surface area contributed by atoms with E-state index in [4.69, 9.17) is 35.4 Å². The molecule has 0 amide bonds. The minimum atomic E-state index is 0.545. The molecule has 0 N–H and O–H groups in total. The van der Waals surface area contributed by atoms with E-state index in [1.54, 1.807) is 6.20 Å². The van der Waals surface area contributed by atoms with Gasteiger partial charge in [-0.25, -0.2) is 15.0 Å². The van der Waals surface area contributed by atoms with E-state index in [0.717, 1.165) is 76.9 Å². The van der Waals surface area contributed by atoms with Gasteiger partial charge >= 0.3 is 0 Å². The molecule has 0 saturated heterocycles. The molecule has 0 aliphatic heterocycles. The van der Waals surface area contributed by atoms with Gasteiger partial charge in [-0.1, -0.05) is 103 Å². The third-order valence-corrected chi connectivity index (χ3v) is 9.40. The number of rotatable bonds is 4. The maximum absolute atomic E-state index is 6.79. The minimum absolute atomic E-state index is 0.545. The summed E-state index contributed by atoms with van der Waals surface area (Å²) in [6.45, 7) is 0. The minimum Gasteiger partial charge on any atom is -0.456 e. The third-order valence-electron chi connectivity index (χ3n) is 9.10. The second-order valence-electron chi connectivity index (χ2n) is 12.0. The number of nitrogens with zero attached hydrogens (tertiary/aromatic N) is 4. The highest BCUT2D eigenvalue weighted by atomic mass is 35.5. The van der Waals surface area contributed by atoms with E-state index in [-0.39, 0.29) is 0 Å². The molecule has 0 bridgehead atoms. The van der Waals surface area contributed by atoms with Gasteiger partial charge < -0.3 is 8.83 Å². The van der Waals surface area contributed by atoms with Crippen molar-refractivity contribution in [1.82, 2.24) is 19.9 Å². The fraction of sp³-hybridized carbons (Fsp3) is 0. The first-order valence-corrected chi connectivity index (χ1v) is 16.3. The van der Waals surface area contributed by atoms with Gasteiger partial charge in [0.05, 0.1) is 5.02 Å². The number of benzene rings is 6. The Balaban J connectivity index is 1.25. The zero-order chi connectivity index (χ0) is 32.5. The summed E-state index contributed by atoms with van der Waals surface area (Å²) in [5.74, 6) is 1.69. The van der Waals surface area contributed by atoms with Crippen LogP contribution < -0.4 is 0 Å². The normalized spacial score (nSPS) is 11.8. The highest BCUT2D eigenvalue weighted by Crippen LogP contribution is 2.44. The molecule has 49 heavy (non-hydrogen) atoms. The van der Waals surface area contributed by atoms with Crippen molar-refractivity contribution in [3.63, 3.8) is 0 Å². The average Bonchev–Trinajstić information content (AvgIpc) is 3.73. The van der Waals surface area contributed by atoms with Crippen molar-refractivity contribution < 1.29 is 8.83 Å². The van der Waals surface area contributed by atoms with E-state index in [0.29, 0.717) is 28.1 Å². The van der Waals surface area contributed by atoms with Crippen LogP contribution in [0.1, 0.15) is 0 Å². The van der Waals surface area contributed by atoms with E-state index in [2.05, 4.69) is 29.2 Å². The lowest BCUT2D eigenvalue weighted by Crippen LogP contribution is -2.01. The van der Waals surface area contributed by atoms with Crippen molar-refractivity contribution in [3.05, 3.63) is 145 Å². The molecule has 6 aromatic carbocycles. The number of para-hydroxylation sites is 1. The lowest BCUT2D eigenvalue weighted by Gasteiger charge is -2.13. The monoisotopic (exact) mass is 650 g/mol. The second-order valence-corrected chi connectivity index (χ2v) is 12.4. The summed E-state index contributed by atoms with van der Waals surface area (Å²) in [5.41, 5.74) is 7.51. The number of hydrogen-bond acceptors (Lipinski definition) is 6. The number of aromatic nitrogens is 4. The highest BCUT2D eigenvalue weighted by molar-refractivity contribution is 6.37. The molecule has 6 nitrogen and oxygen atoms in total. The van der Waals surface area contributed by atoms with Gasteiger partial charge in [0, 0.05) is 56.0 Å². The Morgan fingerprint density at radius 3 is 2.10 bits per heavy atom. The number of hydrogen-bond donors (Lipinski definition) is 0. The predicted molar refractivity (Wildman–Crippen MR) is 196 cm³/mol. The van der Waals surface area contributed by atoms with Crippen molar-refractivity contribution in [1.29, 1.82) is 0 Å². The van der Waals surface area contributed by atoms with E-state index < -0.39 is 0 Å². The maximum atomic E-state index is 6.79. The molecule has 7 heteroatoms. The molecule has 0 saturated carbocycles. The first-order chi connectivity index (χ1) is 24.2. The van der Waals surface area contributed by atoms with Crippen molar-refractivity contribution >= 4 is 66.3 Å². The highest BCUT2D eigenvalue weighted by Gasteiger charge is 2.22. The Morgan fingerprint density at radius 1 is 0.469 bits per heavy atom. The van der Waals surface area contributed by atoms with Crippen molar-refractivity contribution in [2.75, 3.05) is 0 Å². The van der Waals surface area contributed by atoms with Gasteiger partial charge in [0.15, 0.2) is 23.1 Å². The van der Waals surface area contributed by atoms with Crippen molar-refractivity contribution in [3.8, 4) is 45.3 Å². The molecular weight excluding hydrogens is 628 g/mol. The molecule has 0 aliphatic rings. The molecule has 4 heterocycles. The molecule has 0 aliphatic carbocycles. The lowest BCUT2D eigenvalue weighted by molar-refractivity contribution is 0.669. The van der Waals surface area contributed by atoms with E-state index >= 15 is 0 Å². The Hall–Kier alpha value is -6.37. The van der Waals surface area contributed by atoms with Crippen LogP contribution in [0.15, 0.2) is 149 Å². The molecule has 230 valence electrons. The fourth-order valence-electron chi connectivity index (χ4n) is 6.86. The quantitative estimate of drug-likeness (QED) is 0.189. The topological polar surface area (TPSA) is 77.8 Å². The van der Waals surface area contributed by atoms with Crippen molar-refractivity contribution in [2.45, 2.75) is 0 Å². The number of fused-ring (bicyclic) bond motifs is 7. The van der Waals surface area contributed by atoms with Crippen LogP contribution in [0.5, 0.6) is 0 Å². The lowest BCUT2D eigenvalue weighted by atomic mass is 9.94. The summed E-state index contributed by atoms with van der Waals surface area (Å²) < 4.78 is 12.7. The van der Waals surface area contributed by atoms with Crippen LogP contribution in [0.3, 0.4) is 0 Å². The van der Waals surface area contributed by atoms with E-state index in [1.165, 1.54) is 0 Å². The van der Waals surface area contributed by atoms with Crippen LogP contribution in [0.4, 0.5) is 0 Å². The summed E-state index contributed by atoms with van der Waals surface area (Å²) >= 11 is 6.79. The second kappa shape index (κ2) is 10.8. The Morgan fingerprint density at radius 2 is 1.20 bits per heavy atom. The smallest absolute Gasteiger partial charge is 0.164 e. The predicted octanol–water partition coefficient (Wildman–Crippen LogP) is 11.5. The zero-order valence-electron chi connectivity index (χ0n) is 25.8. The van der Waals surface area contributed by atoms with Crippen LogP contribution in [0, 0.1) is 0 Å². The standard InChI is InChI=1S/C42H23ClN4O2/c43-33-18-17-28(38-32-21-26-23-44-20-19-25(26)22-36(32)49-39(33)38)27-11-4-5-12-29(27)41-45-40(24-9-2-1-3-10-24)46-42(47-41)31-14-8-16-35-37(31)30-13-6-7-15-34(30)48-35/h1-23H. The first-order valence-electron chi connectivity index (χ1n) is 15.9. The van der Waals surface area contributed by atoms with Gasteiger partial charge in [-0.3, -0.25) is 4.98 Å². The van der Waals surface area contributed by atoms with Gasteiger partial charge in [-0.15, -0.1) is 0 Å². The van der Waals surface area contributed by atoms with Gasteiger partial charge in [-0.2, -0.15) is 0 Å². The number of pyridine rings is 1. The Kier molecular flexibility index (Phi) is 6.13. The summed E-state index contributed by atoms with van der Waals surface area (Å²) in [5, 5.41) is 6.47. The average molecular weight is 651 g/mol. The number of furan rings is 2. The third kappa shape index (κ3) is 4.42. The first kappa shape index (κ1) is 27.7. The summed E-state index contributed by atoms with van der Waals surface area (Å²) in [6.07, 6.45) is 3.65. The van der Waals surface area contributed by atoms with Gasteiger partial charge in [0.2, 0.25) is 0 Å². The van der Waals surface area contributed by atoms with Gasteiger partial charge in [-0.05, 0) is 52.9 Å².